The maximum absolute atomic E-state index is 12.6. The number of hydrogen-bond acceptors (Lipinski definition) is 7. The van der Waals surface area contributed by atoms with Crippen LogP contribution in [0.4, 0.5) is 5.82 Å². The van der Waals surface area contributed by atoms with Crippen molar-refractivity contribution >= 4 is 17.6 Å². The predicted molar refractivity (Wildman–Crippen MR) is 138 cm³/mol. The zero-order chi connectivity index (χ0) is 24.8. The van der Waals surface area contributed by atoms with E-state index < -0.39 is 0 Å². The molecule has 3 aliphatic rings. The third kappa shape index (κ3) is 5.74. The smallest absolute Gasteiger partial charge is 0.267 e. The number of likely N-dealkylation sites (tertiary alicyclic amines) is 1. The number of carbonyl (C=O) groups is 1. The second-order valence-corrected chi connectivity index (χ2v) is 9.36. The van der Waals surface area contributed by atoms with E-state index >= 15 is 0 Å². The molecule has 2 fully saturated rings. The van der Waals surface area contributed by atoms with Crippen LogP contribution in [0.25, 0.3) is 0 Å². The SMILES string of the molecule is C=C(/N=C1\C(=C/N)C=C(C(=O)NC)N1C1CCCC1)Nc1ccc(C2CCN(CCO)CC2)cn1. The predicted octanol–water partition coefficient (Wildman–Crippen LogP) is 2.27. The van der Waals surface area contributed by atoms with Crippen LogP contribution in [0, 0.1) is 0 Å². The van der Waals surface area contributed by atoms with Gasteiger partial charge in [-0.15, -0.1) is 0 Å². The van der Waals surface area contributed by atoms with Crippen molar-refractivity contribution < 1.29 is 9.90 Å². The van der Waals surface area contributed by atoms with Gasteiger partial charge in [-0.05, 0) is 62.4 Å². The number of rotatable bonds is 8. The highest BCUT2D eigenvalue weighted by Crippen LogP contribution is 2.33. The molecular formula is C26H37N7O2. The molecule has 0 atom stereocenters. The number of hydrogen-bond donors (Lipinski definition) is 4. The lowest BCUT2D eigenvalue weighted by Crippen LogP contribution is -2.40. The number of nitrogens with two attached hydrogens (primary N) is 1. The summed E-state index contributed by atoms with van der Waals surface area (Å²) in [5, 5.41) is 15.0. The maximum Gasteiger partial charge on any atom is 0.267 e. The van der Waals surface area contributed by atoms with Crippen LogP contribution in [-0.2, 0) is 4.79 Å². The van der Waals surface area contributed by atoms with Gasteiger partial charge < -0.3 is 31.3 Å². The molecule has 0 unspecified atom stereocenters. The zero-order valence-electron chi connectivity index (χ0n) is 20.5. The standard InChI is InChI=1S/C26H37N7O2/c1-18(30-24-8-7-20(17-29-24)19-9-11-32(12-10-19)13-14-34)31-25-21(16-27)15-23(26(35)28-2)33(25)22-5-3-4-6-22/h7-8,15-17,19,22,34H,1,3-6,9-14,27H2,2H3,(H,28,35)(H,29,30)/b21-16-,31-25+. The maximum atomic E-state index is 12.6. The minimum absolute atomic E-state index is 0.153. The van der Waals surface area contributed by atoms with Gasteiger partial charge in [0.25, 0.3) is 5.91 Å². The molecule has 0 bridgehead atoms. The number of anilines is 1. The highest BCUT2D eigenvalue weighted by molar-refractivity contribution is 6.12. The molecule has 4 rings (SSSR count). The fourth-order valence-electron chi connectivity index (χ4n) is 5.27. The third-order valence-corrected chi connectivity index (χ3v) is 7.14. The minimum atomic E-state index is -0.153. The Hall–Kier alpha value is -3.17. The van der Waals surface area contributed by atoms with Crippen molar-refractivity contribution in [3.63, 3.8) is 0 Å². The molecule has 0 aromatic carbocycles. The summed E-state index contributed by atoms with van der Waals surface area (Å²) in [7, 11) is 1.63. The van der Waals surface area contributed by atoms with Crippen molar-refractivity contribution in [1.82, 2.24) is 20.1 Å². The van der Waals surface area contributed by atoms with E-state index in [-0.39, 0.29) is 18.6 Å². The Labute approximate surface area is 207 Å². The fourth-order valence-corrected chi connectivity index (χ4v) is 5.27. The summed E-state index contributed by atoms with van der Waals surface area (Å²) in [5.41, 5.74) is 8.40. The van der Waals surface area contributed by atoms with E-state index in [9.17, 15) is 4.79 Å². The van der Waals surface area contributed by atoms with Gasteiger partial charge >= 0.3 is 0 Å². The second-order valence-electron chi connectivity index (χ2n) is 9.36. The largest absolute Gasteiger partial charge is 0.404 e. The number of aromatic nitrogens is 1. The van der Waals surface area contributed by atoms with Crippen LogP contribution in [0.5, 0.6) is 0 Å². The molecule has 0 radical (unpaired) electrons. The summed E-state index contributed by atoms with van der Waals surface area (Å²) in [5.74, 6) is 2.08. The molecule has 1 aromatic heterocycles. The number of nitrogens with zero attached hydrogens (tertiary/aromatic N) is 4. The Morgan fingerprint density at radius 3 is 2.63 bits per heavy atom. The molecular weight excluding hydrogens is 442 g/mol. The van der Waals surface area contributed by atoms with E-state index in [1.807, 2.05) is 17.2 Å². The number of likely N-dealkylation sites (N-methyl/N-ethyl adjacent to an activating group) is 1. The van der Waals surface area contributed by atoms with Gasteiger partial charge in [-0.25, -0.2) is 9.98 Å². The molecule has 1 aliphatic carbocycles. The van der Waals surface area contributed by atoms with Crippen LogP contribution in [0.2, 0.25) is 0 Å². The normalized spacial score (nSPS) is 22.1. The Bertz CT molecular complexity index is 1000. The summed E-state index contributed by atoms with van der Waals surface area (Å²) in [6, 6.07) is 4.28. The van der Waals surface area contributed by atoms with Gasteiger partial charge in [0.05, 0.1) is 6.61 Å². The van der Waals surface area contributed by atoms with Crippen LogP contribution in [0.3, 0.4) is 0 Å². The van der Waals surface area contributed by atoms with Crippen LogP contribution in [0.1, 0.15) is 50.0 Å². The lowest BCUT2D eigenvalue weighted by Gasteiger charge is -2.31. The van der Waals surface area contributed by atoms with Gasteiger partial charge in [0, 0.05) is 37.6 Å². The first-order chi connectivity index (χ1) is 17.0. The summed E-state index contributed by atoms with van der Waals surface area (Å²) >= 11 is 0. The Balaban J connectivity index is 1.45. The van der Waals surface area contributed by atoms with Gasteiger partial charge in [-0.3, -0.25) is 4.79 Å². The summed E-state index contributed by atoms with van der Waals surface area (Å²) in [6.45, 7) is 7.05. The molecule has 1 saturated heterocycles. The summed E-state index contributed by atoms with van der Waals surface area (Å²) in [6.07, 6.45) is 11.6. The Kier molecular flexibility index (Phi) is 8.20. The molecule has 1 saturated carbocycles. The molecule has 188 valence electrons. The third-order valence-electron chi connectivity index (χ3n) is 7.14. The molecule has 5 N–H and O–H groups in total. The molecule has 9 heteroatoms. The summed E-state index contributed by atoms with van der Waals surface area (Å²) < 4.78 is 0. The average molecular weight is 480 g/mol. The topological polar surface area (TPSA) is 119 Å². The van der Waals surface area contributed by atoms with E-state index in [0.29, 0.717) is 34.7 Å². The van der Waals surface area contributed by atoms with Gasteiger partial charge in [-0.1, -0.05) is 25.5 Å². The number of aliphatic hydroxyl groups is 1. The molecule has 9 nitrogen and oxygen atoms in total. The number of nitrogens with one attached hydrogen (secondary N) is 2. The second kappa shape index (κ2) is 11.5. The highest BCUT2D eigenvalue weighted by atomic mass is 16.3. The molecule has 2 aliphatic heterocycles. The summed E-state index contributed by atoms with van der Waals surface area (Å²) in [4.78, 5) is 26.2. The van der Waals surface area contributed by atoms with Crippen molar-refractivity contribution in [1.29, 1.82) is 0 Å². The van der Waals surface area contributed by atoms with E-state index in [1.54, 1.807) is 13.1 Å². The van der Waals surface area contributed by atoms with Crippen LogP contribution < -0.4 is 16.4 Å². The molecule has 35 heavy (non-hydrogen) atoms. The first-order valence-electron chi connectivity index (χ1n) is 12.5. The lowest BCUT2D eigenvalue weighted by molar-refractivity contribution is -0.118. The minimum Gasteiger partial charge on any atom is -0.404 e. The van der Waals surface area contributed by atoms with Crippen molar-refractivity contribution in [3.8, 4) is 0 Å². The number of aliphatic hydroxyl groups excluding tert-OH is 1. The van der Waals surface area contributed by atoms with Gasteiger partial charge in [0.1, 0.15) is 23.2 Å². The quantitative estimate of drug-likeness (QED) is 0.452. The van der Waals surface area contributed by atoms with Crippen LogP contribution in [0.15, 0.2) is 59.3 Å². The van der Waals surface area contributed by atoms with Crippen molar-refractivity contribution in [2.24, 2.45) is 10.7 Å². The number of amidine groups is 1. The highest BCUT2D eigenvalue weighted by Gasteiger charge is 2.36. The van der Waals surface area contributed by atoms with Crippen LogP contribution >= 0.6 is 0 Å². The van der Waals surface area contributed by atoms with Gasteiger partial charge in [-0.2, -0.15) is 0 Å². The fraction of sp³-hybridized carbons (Fsp3) is 0.500. The van der Waals surface area contributed by atoms with Crippen LogP contribution in [-0.4, -0.2) is 71.0 Å². The molecule has 1 amide bonds. The first-order valence-corrected chi connectivity index (χ1v) is 12.5. The molecule has 1 aromatic rings. The number of piperidine rings is 1. The first kappa shape index (κ1) is 24.9. The number of aliphatic imine (C=N–C) groups is 1. The zero-order valence-corrected chi connectivity index (χ0v) is 20.5. The van der Waals surface area contributed by atoms with Crippen molar-refractivity contribution in [2.75, 3.05) is 38.6 Å². The van der Waals surface area contributed by atoms with Gasteiger partial charge in [0.2, 0.25) is 0 Å². The average Bonchev–Trinajstić information content (AvgIpc) is 3.52. The van der Waals surface area contributed by atoms with E-state index in [1.165, 1.54) is 11.8 Å². The Morgan fingerprint density at radius 1 is 1.29 bits per heavy atom. The van der Waals surface area contributed by atoms with E-state index in [0.717, 1.165) is 58.2 Å². The van der Waals surface area contributed by atoms with Gasteiger partial charge in [0.15, 0.2) is 0 Å². The number of amides is 1. The molecule has 3 heterocycles. The van der Waals surface area contributed by atoms with Crippen molar-refractivity contribution in [3.05, 3.63) is 59.8 Å². The monoisotopic (exact) mass is 479 g/mol. The van der Waals surface area contributed by atoms with Crippen molar-refractivity contribution in [2.45, 2.75) is 50.5 Å². The Morgan fingerprint density at radius 2 is 2.03 bits per heavy atom. The number of pyridine rings is 1. The molecule has 0 spiro atoms. The number of carbonyl (C=O) groups excluding carboxylic acids is 1. The van der Waals surface area contributed by atoms with E-state index in [4.69, 9.17) is 15.8 Å². The lowest BCUT2D eigenvalue weighted by atomic mass is 9.90. The number of β-amino-alcohol motifs (C(OH)–C–C–N with tert-alkyl or cyclic N) is 1. The van der Waals surface area contributed by atoms with E-state index in [2.05, 4.69) is 33.2 Å².